The van der Waals surface area contributed by atoms with E-state index in [-0.39, 0.29) is 11.4 Å². The van der Waals surface area contributed by atoms with E-state index in [1.54, 1.807) is 25.1 Å². The highest BCUT2D eigenvalue weighted by Crippen LogP contribution is 2.15. The Hall–Kier alpha value is -2.78. The molecule has 0 bridgehead atoms. The first-order valence-corrected chi connectivity index (χ1v) is 8.78. The maximum Gasteiger partial charge on any atom is 0.272 e. The maximum absolute atomic E-state index is 13.9. The van der Waals surface area contributed by atoms with Crippen molar-refractivity contribution < 1.29 is 22.4 Å². The summed E-state index contributed by atoms with van der Waals surface area (Å²) in [5.41, 5.74) is 3.98. The van der Waals surface area contributed by atoms with Crippen molar-refractivity contribution in [1.82, 2.24) is 15.6 Å². The summed E-state index contributed by atoms with van der Waals surface area (Å²) >= 11 is 0. The molecule has 9 heteroatoms. The molecular formula is C16H16FN3O4S. The lowest BCUT2D eigenvalue weighted by molar-refractivity contribution is 0.0844. The molecule has 0 aliphatic heterocycles. The van der Waals surface area contributed by atoms with Crippen LogP contribution in [0.25, 0.3) is 0 Å². The standard InChI is InChI=1S/C16H16FN3O4S/c1-2-18-25(23,24)12-8-9-14(17)13(10-12)16(22)20-19-15(21)11-6-4-3-5-7-11/h3-10,18H,2H2,1H3,(H,19,21)(H,20,22). The average Bonchev–Trinajstić information content (AvgIpc) is 2.60. The highest BCUT2D eigenvalue weighted by molar-refractivity contribution is 7.89. The van der Waals surface area contributed by atoms with Crippen molar-refractivity contribution in [2.24, 2.45) is 0 Å². The second kappa shape index (κ2) is 7.86. The summed E-state index contributed by atoms with van der Waals surface area (Å²) in [4.78, 5) is 23.7. The molecule has 0 unspecified atom stereocenters. The summed E-state index contributed by atoms with van der Waals surface area (Å²) in [6, 6.07) is 10.9. The number of halogens is 1. The predicted molar refractivity (Wildman–Crippen MR) is 88.6 cm³/mol. The third-order valence-corrected chi connectivity index (χ3v) is 4.70. The zero-order chi connectivity index (χ0) is 18.4. The van der Waals surface area contributed by atoms with Gasteiger partial charge in [-0.15, -0.1) is 0 Å². The minimum atomic E-state index is -3.84. The van der Waals surface area contributed by atoms with Gasteiger partial charge in [0.25, 0.3) is 11.8 Å². The van der Waals surface area contributed by atoms with Crippen LogP contribution in [0.4, 0.5) is 4.39 Å². The van der Waals surface area contributed by atoms with Crippen molar-refractivity contribution in [3.05, 3.63) is 65.5 Å². The van der Waals surface area contributed by atoms with E-state index in [0.717, 1.165) is 18.2 Å². The van der Waals surface area contributed by atoms with E-state index in [0.29, 0.717) is 5.56 Å². The van der Waals surface area contributed by atoms with Crippen molar-refractivity contribution >= 4 is 21.8 Å². The van der Waals surface area contributed by atoms with E-state index in [4.69, 9.17) is 0 Å². The Morgan fingerprint density at radius 3 is 2.28 bits per heavy atom. The first-order valence-electron chi connectivity index (χ1n) is 7.30. The molecule has 0 heterocycles. The molecule has 0 spiro atoms. The van der Waals surface area contributed by atoms with Gasteiger partial charge in [-0.3, -0.25) is 20.4 Å². The maximum atomic E-state index is 13.9. The highest BCUT2D eigenvalue weighted by atomic mass is 32.2. The molecule has 2 rings (SSSR count). The lowest BCUT2D eigenvalue weighted by atomic mass is 10.2. The number of nitrogens with one attached hydrogen (secondary N) is 3. The van der Waals surface area contributed by atoms with Crippen LogP contribution in [0.15, 0.2) is 53.4 Å². The topological polar surface area (TPSA) is 104 Å². The van der Waals surface area contributed by atoms with Crippen LogP contribution >= 0.6 is 0 Å². The fraction of sp³-hybridized carbons (Fsp3) is 0.125. The number of amides is 2. The van der Waals surface area contributed by atoms with E-state index in [1.807, 2.05) is 0 Å². The molecule has 0 aliphatic carbocycles. The third kappa shape index (κ3) is 4.61. The van der Waals surface area contributed by atoms with Crippen molar-refractivity contribution in [3.8, 4) is 0 Å². The smallest absolute Gasteiger partial charge is 0.267 e. The summed E-state index contributed by atoms with van der Waals surface area (Å²) in [6.45, 7) is 1.74. The third-order valence-electron chi connectivity index (χ3n) is 3.15. The molecule has 0 saturated carbocycles. The minimum absolute atomic E-state index is 0.147. The number of hydrogen-bond donors (Lipinski definition) is 3. The van der Waals surface area contributed by atoms with Crippen LogP contribution in [-0.4, -0.2) is 26.8 Å². The molecule has 0 aliphatic rings. The first kappa shape index (κ1) is 18.6. The molecular weight excluding hydrogens is 349 g/mol. The molecule has 0 aromatic heterocycles. The molecule has 0 saturated heterocycles. The lowest BCUT2D eigenvalue weighted by Crippen LogP contribution is -2.42. The number of hydrazine groups is 1. The summed E-state index contributed by atoms with van der Waals surface area (Å²) in [7, 11) is -3.84. The molecule has 2 amide bonds. The van der Waals surface area contributed by atoms with Crippen molar-refractivity contribution in [1.29, 1.82) is 0 Å². The molecule has 0 fully saturated rings. The Labute approximate surface area is 144 Å². The number of carbonyl (C=O) groups excluding carboxylic acids is 2. The monoisotopic (exact) mass is 365 g/mol. The van der Waals surface area contributed by atoms with E-state index in [9.17, 15) is 22.4 Å². The largest absolute Gasteiger partial charge is 0.272 e. The number of benzene rings is 2. The van der Waals surface area contributed by atoms with Gasteiger partial charge >= 0.3 is 0 Å². The normalized spacial score (nSPS) is 11.0. The van der Waals surface area contributed by atoms with Crippen LogP contribution in [0.5, 0.6) is 0 Å². The quantitative estimate of drug-likeness (QED) is 0.693. The fourth-order valence-corrected chi connectivity index (χ4v) is 3.03. The SMILES string of the molecule is CCNS(=O)(=O)c1ccc(F)c(C(=O)NNC(=O)c2ccccc2)c1. The zero-order valence-corrected chi connectivity index (χ0v) is 14.1. The van der Waals surface area contributed by atoms with Gasteiger partial charge in [-0.25, -0.2) is 17.5 Å². The number of carbonyl (C=O) groups is 2. The fourth-order valence-electron chi connectivity index (χ4n) is 1.96. The molecule has 3 N–H and O–H groups in total. The van der Waals surface area contributed by atoms with Gasteiger partial charge in [0.15, 0.2) is 0 Å². The average molecular weight is 365 g/mol. The van der Waals surface area contributed by atoms with Gasteiger partial charge in [0.1, 0.15) is 5.82 Å². The molecule has 2 aromatic carbocycles. The van der Waals surface area contributed by atoms with Crippen molar-refractivity contribution in [2.75, 3.05) is 6.54 Å². The molecule has 2 aromatic rings. The number of sulfonamides is 1. The van der Waals surface area contributed by atoms with E-state index in [2.05, 4.69) is 15.6 Å². The van der Waals surface area contributed by atoms with Gasteiger partial charge in [0.2, 0.25) is 10.0 Å². The summed E-state index contributed by atoms with van der Waals surface area (Å²) in [5, 5.41) is 0. The Kier molecular flexibility index (Phi) is 5.84. The second-order valence-electron chi connectivity index (χ2n) is 4.92. The van der Waals surface area contributed by atoms with Crippen molar-refractivity contribution in [2.45, 2.75) is 11.8 Å². The van der Waals surface area contributed by atoms with Crippen LogP contribution in [0.3, 0.4) is 0 Å². The molecule has 25 heavy (non-hydrogen) atoms. The Morgan fingerprint density at radius 1 is 1.00 bits per heavy atom. The van der Waals surface area contributed by atoms with Crippen LogP contribution in [0.1, 0.15) is 27.6 Å². The highest BCUT2D eigenvalue weighted by Gasteiger charge is 2.19. The molecule has 0 atom stereocenters. The van der Waals surface area contributed by atoms with Gasteiger partial charge in [0, 0.05) is 12.1 Å². The van der Waals surface area contributed by atoms with Gasteiger partial charge < -0.3 is 0 Å². The van der Waals surface area contributed by atoms with Gasteiger partial charge in [-0.05, 0) is 30.3 Å². The first-order chi connectivity index (χ1) is 11.8. The van der Waals surface area contributed by atoms with Crippen molar-refractivity contribution in [3.63, 3.8) is 0 Å². The Balaban J connectivity index is 2.15. The van der Waals surface area contributed by atoms with Crippen LogP contribution in [-0.2, 0) is 10.0 Å². The Bertz CT molecular complexity index is 886. The number of rotatable bonds is 5. The molecule has 0 radical (unpaired) electrons. The van der Waals surface area contributed by atoms with Crippen LogP contribution in [0, 0.1) is 5.82 Å². The summed E-state index contributed by atoms with van der Waals surface area (Å²) in [5.74, 6) is -2.48. The van der Waals surface area contributed by atoms with Gasteiger partial charge in [0.05, 0.1) is 10.5 Å². The van der Waals surface area contributed by atoms with Crippen LogP contribution < -0.4 is 15.6 Å². The van der Waals surface area contributed by atoms with Gasteiger partial charge in [-0.2, -0.15) is 0 Å². The van der Waals surface area contributed by atoms with Crippen LogP contribution in [0.2, 0.25) is 0 Å². The number of hydrogen-bond acceptors (Lipinski definition) is 4. The van der Waals surface area contributed by atoms with E-state index < -0.39 is 33.2 Å². The van der Waals surface area contributed by atoms with E-state index in [1.165, 1.54) is 12.1 Å². The Morgan fingerprint density at radius 2 is 1.64 bits per heavy atom. The summed E-state index contributed by atoms with van der Waals surface area (Å²) in [6.07, 6.45) is 0. The predicted octanol–water partition coefficient (Wildman–Crippen LogP) is 1.20. The summed E-state index contributed by atoms with van der Waals surface area (Å²) < 4.78 is 40.0. The molecule has 132 valence electrons. The zero-order valence-electron chi connectivity index (χ0n) is 13.2. The van der Waals surface area contributed by atoms with E-state index >= 15 is 0 Å². The molecule has 7 nitrogen and oxygen atoms in total. The second-order valence-corrected chi connectivity index (χ2v) is 6.68. The minimum Gasteiger partial charge on any atom is -0.267 e. The lowest BCUT2D eigenvalue weighted by Gasteiger charge is -2.10. The van der Waals surface area contributed by atoms with Gasteiger partial charge in [-0.1, -0.05) is 25.1 Å².